The number of nitrogens with two attached hydrogens (primary N) is 1. The molecule has 2 aliphatic heterocycles. The van der Waals surface area contributed by atoms with Crippen LogP contribution in [0.2, 0.25) is 0 Å². The van der Waals surface area contributed by atoms with Crippen molar-refractivity contribution < 1.29 is 24.3 Å². The Hall–Kier alpha value is -4.31. The number of benzene rings is 3. The van der Waals surface area contributed by atoms with Crippen LogP contribution < -0.4 is 16.0 Å². The number of rotatable bonds is 6. The molecule has 0 radical (unpaired) electrons. The van der Waals surface area contributed by atoms with Gasteiger partial charge >= 0.3 is 5.97 Å². The van der Waals surface area contributed by atoms with Crippen molar-refractivity contribution in [2.24, 2.45) is 4.99 Å². The lowest BCUT2D eigenvalue weighted by Gasteiger charge is -2.27. The molecular weight excluding hydrogens is 540 g/mol. The predicted octanol–water partition coefficient (Wildman–Crippen LogP) is 3.33. The number of nitrogens with one attached hydrogen (secondary N) is 1. The van der Waals surface area contributed by atoms with E-state index in [2.05, 4.69) is 26.2 Å². The highest BCUT2D eigenvalue weighted by Crippen LogP contribution is 2.39. The number of carboxylic acid groups (broad SMARTS) is 1. The van der Waals surface area contributed by atoms with Crippen molar-refractivity contribution in [1.82, 2.24) is 5.32 Å². The number of amides is 3. The molecule has 2 atom stereocenters. The maximum absolute atomic E-state index is 13.0. The van der Waals surface area contributed by atoms with E-state index in [4.69, 9.17) is 5.73 Å². The lowest BCUT2D eigenvalue weighted by Crippen LogP contribution is -2.45. The summed E-state index contributed by atoms with van der Waals surface area (Å²) in [4.78, 5) is 55.5. The Kier molecular flexibility index (Phi) is 6.34. The number of nitrogens with zero attached hydrogens (tertiary/aromatic N) is 2. The molecule has 0 fully saturated rings. The largest absolute Gasteiger partial charge is 0.480 e. The first-order valence-corrected chi connectivity index (χ1v) is 12.3. The minimum Gasteiger partial charge on any atom is -0.480 e. The summed E-state index contributed by atoms with van der Waals surface area (Å²) in [6, 6.07) is 17.4. The Labute approximate surface area is 220 Å². The molecule has 3 aromatic rings. The minimum absolute atomic E-state index is 0.00417. The van der Waals surface area contributed by atoms with Crippen molar-refractivity contribution in [3.63, 3.8) is 0 Å². The molecule has 3 aromatic carbocycles. The average Bonchev–Trinajstić information content (AvgIpc) is 3.22. The van der Waals surface area contributed by atoms with E-state index in [-0.39, 0.29) is 24.5 Å². The maximum Gasteiger partial charge on any atom is 0.326 e. The molecule has 0 spiro atoms. The van der Waals surface area contributed by atoms with Crippen LogP contribution in [0.3, 0.4) is 0 Å². The van der Waals surface area contributed by atoms with E-state index in [0.29, 0.717) is 33.8 Å². The number of fused-ring (bicyclic) bond motifs is 2. The number of halogens is 1. The summed E-state index contributed by atoms with van der Waals surface area (Å²) in [5.74, 6) is -2.61. The molecule has 0 aromatic heterocycles. The van der Waals surface area contributed by atoms with E-state index in [1.807, 2.05) is 18.2 Å². The maximum atomic E-state index is 13.0. The number of aliphatic imine (C=N–C) groups is 1. The van der Waals surface area contributed by atoms with E-state index >= 15 is 0 Å². The van der Waals surface area contributed by atoms with E-state index in [1.54, 1.807) is 48.5 Å². The number of carboxylic acids is 1. The molecule has 0 aliphatic carbocycles. The summed E-state index contributed by atoms with van der Waals surface area (Å²) >= 11 is 3.46. The third kappa shape index (κ3) is 4.63. The summed E-state index contributed by atoms with van der Waals surface area (Å²) in [7, 11) is 0. The van der Waals surface area contributed by atoms with Crippen LogP contribution in [0, 0.1) is 0 Å². The van der Waals surface area contributed by atoms with Crippen LogP contribution in [0.15, 0.2) is 71.7 Å². The quantitative estimate of drug-likeness (QED) is 0.240. The highest BCUT2D eigenvalue weighted by molar-refractivity contribution is 9.09. The van der Waals surface area contributed by atoms with Gasteiger partial charge in [-0.15, -0.1) is 0 Å². The number of nitrogen functional groups attached to an aromatic ring is 1. The Morgan fingerprint density at radius 2 is 1.84 bits per heavy atom. The van der Waals surface area contributed by atoms with Gasteiger partial charge in [0, 0.05) is 17.7 Å². The molecule has 0 saturated carbocycles. The van der Waals surface area contributed by atoms with Crippen LogP contribution in [0.4, 0.5) is 17.1 Å². The Morgan fingerprint density at radius 3 is 2.54 bits per heavy atom. The first-order valence-electron chi connectivity index (χ1n) is 11.4. The van der Waals surface area contributed by atoms with Gasteiger partial charge in [-0.25, -0.2) is 14.7 Å². The molecule has 2 aliphatic rings. The smallest absolute Gasteiger partial charge is 0.326 e. The van der Waals surface area contributed by atoms with Crippen LogP contribution >= 0.6 is 15.9 Å². The average molecular weight is 561 g/mol. The highest BCUT2D eigenvalue weighted by Gasteiger charge is 2.33. The van der Waals surface area contributed by atoms with Gasteiger partial charge in [-0.1, -0.05) is 52.3 Å². The number of aliphatic carboxylic acids is 1. The van der Waals surface area contributed by atoms with Gasteiger partial charge in [-0.2, -0.15) is 0 Å². The van der Waals surface area contributed by atoms with Crippen molar-refractivity contribution >= 4 is 62.4 Å². The van der Waals surface area contributed by atoms with Crippen molar-refractivity contribution in [3.8, 4) is 0 Å². The van der Waals surface area contributed by atoms with Crippen LogP contribution in [-0.4, -0.2) is 40.6 Å². The molecule has 5 rings (SSSR count). The van der Waals surface area contributed by atoms with Gasteiger partial charge in [0.15, 0.2) is 0 Å². The molecule has 2 heterocycles. The third-order valence-corrected chi connectivity index (χ3v) is 7.25. The number of hydrogen-bond acceptors (Lipinski definition) is 6. The second kappa shape index (κ2) is 9.62. The third-order valence-electron chi connectivity index (χ3n) is 6.32. The van der Waals surface area contributed by atoms with Crippen molar-refractivity contribution in [1.29, 1.82) is 0 Å². The van der Waals surface area contributed by atoms with Crippen LogP contribution in [0.25, 0.3) is 0 Å². The fourth-order valence-electron chi connectivity index (χ4n) is 4.44. The SMILES string of the molecule is Nc1ccc2c(c1)C(=O)N(c1ccc(C[C@H](NC(=O)C3=Nc4ccccc4C3Br)C(=O)O)cc1)C(=O)C2. The summed E-state index contributed by atoms with van der Waals surface area (Å²) < 4.78 is 0. The standard InChI is InChI=1S/C27H21BrN4O5/c28-23-18-3-1-2-4-20(18)30-24(23)25(34)31-21(27(36)37)11-14-5-9-17(10-6-14)32-22(33)12-15-7-8-16(29)13-19(15)26(32)35/h1-10,13,21,23H,11-12,29H2,(H,31,34)(H,36,37)/t21-,23?/m0/s1. The summed E-state index contributed by atoms with van der Waals surface area (Å²) in [5.41, 5.74) is 9.88. The number of carbonyl (C=O) groups excluding carboxylic acids is 3. The second-order valence-corrected chi connectivity index (χ2v) is 9.70. The lowest BCUT2D eigenvalue weighted by atomic mass is 9.97. The number of anilines is 2. The number of alkyl halides is 1. The molecule has 3 amide bonds. The van der Waals surface area contributed by atoms with Gasteiger partial charge < -0.3 is 16.2 Å². The van der Waals surface area contributed by atoms with Crippen molar-refractivity contribution in [2.45, 2.75) is 23.7 Å². The summed E-state index contributed by atoms with van der Waals surface area (Å²) in [6.07, 6.45) is 0.0638. The van der Waals surface area contributed by atoms with Crippen molar-refractivity contribution in [3.05, 3.63) is 89.0 Å². The van der Waals surface area contributed by atoms with Gasteiger partial charge in [0.1, 0.15) is 11.8 Å². The fourth-order valence-corrected chi connectivity index (χ4v) is 5.13. The Balaban J connectivity index is 1.30. The Bertz CT molecular complexity index is 1480. The Morgan fingerprint density at radius 1 is 1.11 bits per heavy atom. The zero-order valence-corrected chi connectivity index (χ0v) is 20.9. The van der Waals surface area contributed by atoms with Crippen LogP contribution in [0.1, 0.15) is 31.9 Å². The molecule has 0 saturated heterocycles. The van der Waals surface area contributed by atoms with E-state index in [9.17, 15) is 24.3 Å². The normalized spacial score (nSPS) is 17.1. The van der Waals surface area contributed by atoms with Gasteiger partial charge in [0.25, 0.3) is 11.8 Å². The first-order chi connectivity index (χ1) is 17.7. The first kappa shape index (κ1) is 24.4. The highest BCUT2D eigenvalue weighted by atomic mass is 79.9. The molecule has 4 N–H and O–H groups in total. The molecule has 9 nitrogen and oxygen atoms in total. The van der Waals surface area contributed by atoms with Crippen LogP contribution in [0.5, 0.6) is 0 Å². The molecule has 186 valence electrons. The molecule has 1 unspecified atom stereocenters. The van der Waals surface area contributed by atoms with Gasteiger partial charge in [-0.05, 0) is 47.0 Å². The number of imide groups is 1. The van der Waals surface area contributed by atoms with Crippen LogP contribution in [-0.2, 0) is 27.2 Å². The second-order valence-electron chi connectivity index (χ2n) is 8.78. The molecule has 10 heteroatoms. The number of carbonyl (C=O) groups is 4. The number of hydrogen-bond donors (Lipinski definition) is 3. The van der Waals surface area contributed by atoms with Crippen molar-refractivity contribution in [2.75, 3.05) is 10.6 Å². The van der Waals surface area contributed by atoms with Gasteiger partial charge in [0.2, 0.25) is 5.91 Å². The monoisotopic (exact) mass is 560 g/mol. The molecular formula is C27H21BrN4O5. The minimum atomic E-state index is -1.21. The summed E-state index contributed by atoms with van der Waals surface area (Å²) in [5, 5.41) is 12.3. The molecule has 37 heavy (non-hydrogen) atoms. The number of para-hydroxylation sites is 1. The topological polar surface area (TPSA) is 142 Å². The zero-order chi connectivity index (χ0) is 26.3. The lowest BCUT2D eigenvalue weighted by molar-refractivity contribution is -0.141. The predicted molar refractivity (Wildman–Crippen MR) is 141 cm³/mol. The summed E-state index contributed by atoms with van der Waals surface area (Å²) in [6.45, 7) is 0. The van der Waals surface area contributed by atoms with Gasteiger partial charge in [0.05, 0.1) is 22.6 Å². The van der Waals surface area contributed by atoms with E-state index in [0.717, 1.165) is 10.5 Å². The van der Waals surface area contributed by atoms with Gasteiger partial charge in [-0.3, -0.25) is 14.4 Å². The van der Waals surface area contributed by atoms with E-state index < -0.39 is 28.7 Å². The zero-order valence-electron chi connectivity index (χ0n) is 19.3. The fraction of sp³-hybridized carbons (Fsp3) is 0.148. The van der Waals surface area contributed by atoms with E-state index in [1.165, 1.54) is 0 Å². The molecule has 0 bridgehead atoms.